The molecule has 1 N–H and O–H groups in total. The van der Waals surface area contributed by atoms with Gasteiger partial charge in [0.2, 0.25) is 0 Å². The fourth-order valence-electron chi connectivity index (χ4n) is 2.80. The van der Waals surface area contributed by atoms with E-state index in [4.69, 9.17) is 0 Å². The molecule has 0 saturated carbocycles. The van der Waals surface area contributed by atoms with Gasteiger partial charge in [0.15, 0.2) is 0 Å². The van der Waals surface area contributed by atoms with Crippen molar-refractivity contribution in [1.29, 1.82) is 0 Å². The predicted octanol–water partition coefficient (Wildman–Crippen LogP) is 4.86. The standard InChI is InChI=1S/C20H20N2O/c1-14-6-4-8-19(10-14)22-15(2)11-17(16(22)3)13-21-18-7-5-9-20(23)12-18/h4-13,23H,1-3H3. The zero-order valence-corrected chi connectivity index (χ0v) is 13.6. The minimum atomic E-state index is 0.227. The van der Waals surface area contributed by atoms with Crippen molar-refractivity contribution in [3.05, 3.63) is 77.1 Å². The van der Waals surface area contributed by atoms with Crippen molar-refractivity contribution in [1.82, 2.24) is 4.57 Å². The highest BCUT2D eigenvalue weighted by molar-refractivity contribution is 5.84. The number of rotatable bonds is 3. The first-order valence-corrected chi connectivity index (χ1v) is 7.63. The number of hydrogen-bond donors (Lipinski definition) is 1. The first-order valence-electron chi connectivity index (χ1n) is 7.63. The van der Waals surface area contributed by atoms with Gasteiger partial charge in [0.1, 0.15) is 5.75 Å². The lowest BCUT2D eigenvalue weighted by Gasteiger charge is -2.10. The quantitative estimate of drug-likeness (QED) is 0.689. The van der Waals surface area contributed by atoms with Crippen molar-refractivity contribution in [2.45, 2.75) is 20.8 Å². The van der Waals surface area contributed by atoms with Crippen LogP contribution in [0.5, 0.6) is 5.75 Å². The molecule has 0 aliphatic carbocycles. The van der Waals surface area contributed by atoms with Crippen LogP contribution in [-0.2, 0) is 0 Å². The average Bonchev–Trinajstić information content (AvgIpc) is 2.79. The SMILES string of the molecule is Cc1cccc(-n2c(C)cc(C=Nc3cccc(O)c3)c2C)c1. The molecule has 3 heteroatoms. The van der Waals surface area contributed by atoms with Gasteiger partial charge in [0.25, 0.3) is 0 Å². The minimum absolute atomic E-state index is 0.227. The second-order valence-corrected chi connectivity index (χ2v) is 5.78. The molecule has 0 radical (unpaired) electrons. The van der Waals surface area contributed by atoms with Gasteiger partial charge in [-0.1, -0.05) is 18.2 Å². The maximum atomic E-state index is 9.51. The Kier molecular flexibility index (Phi) is 4.02. The molecule has 2 aromatic carbocycles. The number of phenolic OH excluding ortho intramolecular Hbond substituents is 1. The van der Waals surface area contributed by atoms with Gasteiger partial charge in [-0.05, 0) is 56.7 Å². The van der Waals surface area contributed by atoms with Crippen molar-refractivity contribution in [3.63, 3.8) is 0 Å². The van der Waals surface area contributed by atoms with Gasteiger partial charge >= 0.3 is 0 Å². The molecule has 0 fully saturated rings. The summed E-state index contributed by atoms with van der Waals surface area (Å²) in [5, 5.41) is 9.51. The van der Waals surface area contributed by atoms with Gasteiger partial charge in [-0.15, -0.1) is 0 Å². The van der Waals surface area contributed by atoms with E-state index in [9.17, 15) is 5.11 Å². The van der Waals surface area contributed by atoms with Gasteiger partial charge in [0, 0.05) is 34.9 Å². The molecular weight excluding hydrogens is 284 g/mol. The van der Waals surface area contributed by atoms with Gasteiger partial charge in [-0.25, -0.2) is 0 Å². The lowest BCUT2D eigenvalue weighted by Crippen LogP contribution is -1.99. The first-order chi connectivity index (χ1) is 11.0. The monoisotopic (exact) mass is 304 g/mol. The number of nitrogens with zero attached hydrogens (tertiary/aromatic N) is 2. The molecular formula is C20H20N2O. The number of aliphatic imine (C=N–C) groups is 1. The third-order valence-corrected chi connectivity index (χ3v) is 3.91. The Morgan fingerprint density at radius 1 is 0.957 bits per heavy atom. The Morgan fingerprint density at radius 2 is 1.74 bits per heavy atom. The second-order valence-electron chi connectivity index (χ2n) is 5.78. The highest BCUT2D eigenvalue weighted by Crippen LogP contribution is 2.22. The molecule has 3 nitrogen and oxygen atoms in total. The van der Waals surface area contributed by atoms with Crippen molar-refractivity contribution >= 4 is 11.9 Å². The first kappa shape index (κ1) is 15.1. The number of aromatic nitrogens is 1. The minimum Gasteiger partial charge on any atom is -0.508 e. The van der Waals surface area contributed by atoms with E-state index in [-0.39, 0.29) is 5.75 Å². The van der Waals surface area contributed by atoms with Gasteiger partial charge in [0.05, 0.1) is 5.69 Å². The largest absolute Gasteiger partial charge is 0.508 e. The Hall–Kier alpha value is -2.81. The molecule has 0 aliphatic heterocycles. The number of phenols is 1. The molecule has 3 rings (SSSR count). The molecule has 116 valence electrons. The summed E-state index contributed by atoms with van der Waals surface area (Å²) in [4.78, 5) is 4.47. The van der Waals surface area contributed by atoms with E-state index >= 15 is 0 Å². The van der Waals surface area contributed by atoms with Crippen LogP contribution in [0.1, 0.15) is 22.5 Å². The second kappa shape index (κ2) is 6.13. The summed E-state index contributed by atoms with van der Waals surface area (Å²) in [7, 11) is 0. The molecule has 1 aromatic heterocycles. The van der Waals surface area contributed by atoms with Gasteiger partial charge in [-0.3, -0.25) is 4.99 Å². The molecule has 0 amide bonds. The Bertz CT molecular complexity index is 875. The van der Waals surface area contributed by atoms with Crippen molar-refractivity contribution in [3.8, 4) is 11.4 Å². The Balaban J connectivity index is 1.98. The third-order valence-electron chi connectivity index (χ3n) is 3.91. The van der Waals surface area contributed by atoms with Gasteiger partial charge < -0.3 is 9.67 Å². The number of benzene rings is 2. The number of aryl methyl sites for hydroxylation is 2. The summed E-state index contributed by atoms with van der Waals surface area (Å²) in [5.41, 5.74) is 6.54. The molecule has 23 heavy (non-hydrogen) atoms. The lowest BCUT2D eigenvalue weighted by atomic mass is 10.2. The highest BCUT2D eigenvalue weighted by atomic mass is 16.3. The Morgan fingerprint density at radius 3 is 2.48 bits per heavy atom. The van der Waals surface area contributed by atoms with Crippen LogP contribution in [0, 0.1) is 20.8 Å². The average molecular weight is 304 g/mol. The summed E-state index contributed by atoms with van der Waals surface area (Å²) >= 11 is 0. The maximum Gasteiger partial charge on any atom is 0.117 e. The van der Waals surface area contributed by atoms with E-state index in [1.165, 1.54) is 11.3 Å². The molecule has 0 atom stereocenters. The normalized spacial score (nSPS) is 11.3. The van der Waals surface area contributed by atoms with Crippen LogP contribution < -0.4 is 0 Å². The lowest BCUT2D eigenvalue weighted by molar-refractivity contribution is 0.475. The molecule has 0 spiro atoms. The summed E-state index contributed by atoms with van der Waals surface area (Å²) in [6, 6.07) is 17.5. The van der Waals surface area contributed by atoms with Crippen LogP contribution >= 0.6 is 0 Å². The smallest absolute Gasteiger partial charge is 0.117 e. The fourth-order valence-corrected chi connectivity index (χ4v) is 2.80. The fraction of sp³-hybridized carbons (Fsp3) is 0.150. The van der Waals surface area contributed by atoms with Crippen LogP contribution in [0.3, 0.4) is 0 Å². The van der Waals surface area contributed by atoms with Crippen molar-refractivity contribution in [2.75, 3.05) is 0 Å². The van der Waals surface area contributed by atoms with Crippen LogP contribution in [0.25, 0.3) is 5.69 Å². The zero-order valence-electron chi connectivity index (χ0n) is 13.6. The molecule has 0 unspecified atom stereocenters. The maximum absolute atomic E-state index is 9.51. The summed E-state index contributed by atoms with van der Waals surface area (Å²) in [6.45, 7) is 6.29. The molecule has 0 aliphatic rings. The summed E-state index contributed by atoms with van der Waals surface area (Å²) < 4.78 is 2.23. The highest BCUT2D eigenvalue weighted by Gasteiger charge is 2.09. The topological polar surface area (TPSA) is 37.5 Å². The van der Waals surface area contributed by atoms with Gasteiger partial charge in [-0.2, -0.15) is 0 Å². The van der Waals surface area contributed by atoms with Crippen LogP contribution in [0.2, 0.25) is 0 Å². The number of aromatic hydroxyl groups is 1. The van der Waals surface area contributed by atoms with E-state index < -0.39 is 0 Å². The van der Waals surface area contributed by atoms with Crippen LogP contribution in [0.4, 0.5) is 5.69 Å². The number of hydrogen-bond acceptors (Lipinski definition) is 2. The van der Waals surface area contributed by atoms with E-state index in [0.29, 0.717) is 0 Å². The van der Waals surface area contributed by atoms with E-state index in [1.807, 2.05) is 12.3 Å². The molecule has 1 heterocycles. The predicted molar refractivity (Wildman–Crippen MR) is 95.3 cm³/mol. The van der Waals surface area contributed by atoms with Crippen molar-refractivity contribution < 1.29 is 5.11 Å². The Labute approximate surface area is 136 Å². The molecule has 0 saturated heterocycles. The summed E-state index contributed by atoms with van der Waals surface area (Å²) in [5.74, 6) is 0.227. The van der Waals surface area contributed by atoms with Crippen LogP contribution in [-0.4, -0.2) is 15.9 Å². The van der Waals surface area contributed by atoms with Crippen molar-refractivity contribution in [2.24, 2.45) is 4.99 Å². The zero-order chi connectivity index (χ0) is 16.4. The molecule has 0 bridgehead atoms. The van der Waals surface area contributed by atoms with E-state index in [1.54, 1.807) is 18.2 Å². The van der Waals surface area contributed by atoms with E-state index in [0.717, 1.165) is 22.6 Å². The van der Waals surface area contributed by atoms with Crippen LogP contribution in [0.15, 0.2) is 59.6 Å². The summed E-state index contributed by atoms with van der Waals surface area (Å²) in [6.07, 6.45) is 1.85. The van der Waals surface area contributed by atoms with E-state index in [2.05, 4.69) is 60.7 Å². The molecule has 3 aromatic rings. The third kappa shape index (κ3) is 3.19.